The maximum atomic E-state index is 13.5. The van der Waals surface area contributed by atoms with Crippen LogP contribution in [0.4, 0.5) is 0 Å². The number of rotatable bonds is 8. The van der Waals surface area contributed by atoms with Gasteiger partial charge in [0.2, 0.25) is 0 Å². The van der Waals surface area contributed by atoms with Crippen LogP contribution in [0.5, 0.6) is 0 Å². The van der Waals surface area contributed by atoms with Gasteiger partial charge in [0.1, 0.15) is 0 Å². The van der Waals surface area contributed by atoms with E-state index in [0.29, 0.717) is 31.9 Å². The van der Waals surface area contributed by atoms with Crippen molar-refractivity contribution in [3.05, 3.63) is 59.9 Å². The normalized spacial score (nSPS) is 17.4. The van der Waals surface area contributed by atoms with E-state index in [-0.39, 0.29) is 29.4 Å². The molecule has 0 spiro atoms. The Morgan fingerprint density at radius 1 is 1.29 bits per heavy atom. The van der Waals surface area contributed by atoms with Crippen molar-refractivity contribution in [2.24, 2.45) is 18.9 Å². The van der Waals surface area contributed by atoms with Crippen molar-refractivity contribution >= 4 is 11.9 Å². The van der Waals surface area contributed by atoms with Crippen molar-refractivity contribution in [2.45, 2.75) is 26.8 Å². The lowest BCUT2D eigenvalue weighted by Crippen LogP contribution is -2.34. The van der Waals surface area contributed by atoms with Gasteiger partial charge in [0.15, 0.2) is 17.8 Å². The van der Waals surface area contributed by atoms with Crippen molar-refractivity contribution in [3.8, 4) is 11.3 Å². The van der Waals surface area contributed by atoms with Gasteiger partial charge >= 0.3 is 5.97 Å². The molecular weight excluding hydrogens is 396 g/mol. The highest BCUT2D eigenvalue weighted by atomic mass is 16.5. The van der Waals surface area contributed by atoms with E-state index in [1.54, 1.807) is 16.5 Å². The first-order valence-corrected chi connectivity index (χ1v) is 10.4. The number of carbonyl (C=O) groups is 2. The molecule has 31 heavy (non-hydrogen) atoms. The van der Waals surface area contributed by atoms with Crippen LogP contribution in [0.25, 0.3) is 11.3 Å². The Kier molecular flexibility index (Phi) is 5.88. The minimum atomic E-state index is -0.245. The molecular formula is C23H26N4O4. The number of nitrogens with zero attached hydrogens (tertiary/aromatic N) is 4. The number of benzene rings is 1. The lowest BCUT2D eigenvalue weighted by Gasteiger charge is -2.21. The van der Waals surface area contributed by atoms with Crippen LogP contribution in [-0.4, -0.2) is 44.7 Å². The summed E-state index contributed by atoms with van der Waals surface area (Å²) in [7, 11) is 1.87. The van der Waals surface area contributed by atoms with Crippen molar-refractivity contribution in [1.29, 1.82) is 0 Å². The number of aromatic nitrogens is 3. The van der Waals surface area contributed by atoms with Gasteiger partial charge in [0.25, 0.3) is 5.91 Å². The Hall–Kier alpha value is -3.42. The first kappa shape index (κ1) is 20.8. The van der Waals surface area contributed by atoms with Crippen LogP contribution >= 0.6 is 0 Å². The Morgan fingerprint density at radius 2 is 2.06 bits per heavy atom. The number of aryl methyl sites for hydroxylation is 2. The minimum absolute atomic E-state index is 0.0693. The second kappa shape index (κ2) is 8.75. The maximum Gasteiger partial charge on any atom is 0.309 e. The molecule has 2 heterocycles. The highest BCUT2D eigenvalue weighted by Gasteiger charge is 2.46. The van der Waals surface area contributed by atoms with Gasteiger partial charge in [-0.05, 0) is 32.3 Å². The van der Waals surface area contributed by atoms with Gasteiger partial charge in [-0.2, -0.15) is 5.10 Å². The van der Waals surface area contributed by atoms with Gasteiger partial charge in [-0.3, -0.25) is 14.3 Å². The summed E-state index contributed by atoms with van der Waals surface area (Å²) in [6.07, 6.45) is 2.01. The zero-order valence-corrected chi connectivity index (χ0v) is 17.9. The van der Waals surface area contributed by atoms with E-state index >= 15 is 0 Å². The molecule has 162 valence electrons. The summed E-state index contributed by atoms with van der Waals surface area (Å²) < 4.78 is 12.5. The molecule has 1 fully saturated rings. The first-order valence-electron chi connectivity index (χ1n) is 10.4. The van der Waals surface area contributed by atoms with Gasteiger partial charge < -0.3 is 14.1 Å². The summed E-state index contributed by atoms with van der Waals surface area (Å²) in [5.41, 5.74) is 2.83. The first-order chi connectivity index (χ1) is 15.0. The van der Waals surface area contributed by atoms with Gasteiger partial charge in [-0.15, -0.1) is 0 Å². The van der Waals surface area contributed by atoms with Gasteiger partial charge in [0, 0.05) is 24.8 Å². The summed E-state index contributed by atoms with van der Waals surface area (Å²) in [6, 6.07) is 11.4. The van der Waals surface area contributed by atoms with Gasteiger partial charge in [0.05, 0.1) is 24.8 Å². The zero-order chi connectivity index (χ0) is 22.0. The molecule has 0 unspecified atom stereocenters. The second-order valence-corrected chi connectivity index (χ2v) is 7.84. The number of amides is 1. The number of hydrogen-bond acceptors (Lipinski definition) is 6. The molecule has 3 aromatic rings. The van der Waals surface area contributed by atoms with Crippen molar-refractivity contribution in [1.82, 2.24) is 19.7 Å². The van der Waals surface area contributed by atoms with Crippen LogP contribution in [0.3, 0.4) is 0 Å². The Labute approximate surface area is 180 Å². The fourth-order valence-corrected chi connectivity index (χ4v) is 3.74. The standard InChI is InChI=1S/C23H26N4O4/c1-4-30-23(29)19-11-17(19)12-27(13-18-10-15(2)26(3)25-18)22(28)20-21(31-14-24-20)16-8-6-5-7-9-16/h5-10,14,17,19H,4,11-13H2,1-3H3/t17-,19+/m1/s1. The number of ether oxygens (including phenoxy) is 1. The summed E-state index contributed by atoms with van der Waals surface area (Å²) >= 11 is 0. The van der Waals surface area contributed by atoms with E-state index in [0.717, 1.165) is 17.0 Å². The molecule has 2 aromatic heterocycles. The predicted octanol–water partition coefficient (Wildman–Crippen LogP) is 3.23. The van der Waals surface area contributed by atoms with Crippen LogP contribution in [0.1, 0.15) is 35.2 Å². The monoisotopic (exact) mass is 422 g/mol. The molecule has 1 aliphatic rings. The highest BCUT2D eigenvalue weighted by Crippen LogP contribution is 2.40. The molecule has 8 nitrogen and oxygen atoms in total. The summed E-state index contributed by atoms with van der Waals surface area (Å²) in [5, 5.41) is 4.49. The third-order valence-electron chi connectivity index (χ3n) is 5.58. The molecule has 8 heteroatoms. The number of oxazole rings is 1. The summed E-state index contributed by atoms with van der Waals surface area (Å²) in [6.45, 7) is 4.87. The van der Waals surface area contributed by atoms with E-state index < -0.39 is 0 Å². The molecule has 0 N–H and O–H groups in total. The Balaban J connectivity index is 1.58. The summed E-state index contributed by atoms with van der Waals surface area (Å²) in [5.74, 6) is -0.0949. The van der Waals surface area contributed by atoms with E-state index in [2.05, 4.69) is 10.1 Å². The van der Waals surface area contributed by atoms with Crippen LogP contribution in [-0.2, 0) is 23.1 Å². The molecule has 0 saturated heterocycles. The van der Waals surface area contributed by atoms with Crippen LogP contribution in [0, 0.1) is 18.8 Å². The SMILES string of the molecule is CCOC(=O)[C@H]1C[C@@H]1CN(Cc1cc(C)n(C)n1)C(=O)c1ncoc1-c1ccccc1. The molecule has 1 aliphatic carbocycles. The number of hydrogen-bond donors (Lipinski definition) is 0. The van der Waals surface area contributed by atoms with E-state index in [1.807, 2.05) is 50.4 Å². The third-order valence-corrected chi connectivity index (χ3v) is 5.58. The molecule has 0 radical (unpaired) electrons. The van der Waals surface area contributed by atoms with Gasteiger partial charge in [-0.1, -0.05) is 30.3 Å². The Morgan fingerprint density at radius 3 is 2.74 bits per heavy atom. The molecule has 4 rings (SSSR count). The molecule has 1 aromatic carbocycles. The molecule has 0 bridgehead atoms. The maximum absolute atomic E-state index is 13.5. The van der Waals surface area contributed by atoms with E-state index in [1.165, 1.54) is 6.39 Å². The average molecular weight is 422 g/mol. The average Bonchev–Trinajstić information content (AvgIpc) is 3.22. The number of esters is 1. The topological polar surface area (TPSA) is 90.5 Å². The van der Waals surface area contributed by atoms with Gasteiger partial charge in [-0.25, -0.2) is 4.98 Å². The summed E-state index contributed by atoms with van der Waals surface area (Å²) in [4.78, 5) is 31.5. The third kappa shape index (κ3) is 4.52. The quantitative estimate of drug-likeness (QED) is 0.518. The van der Waals surface area contributed by atoms with E-state index in [9.17, 15) is 9.59 Å². The lowest BCUT2D eigenvalue weighted by molar-refractivity contribution is -0.145. The smallest absolute Gasteiger partial charge is 0.309 e. The minimum Gasteiger partial charge on any atom is -0.466 e. The van der Waals surface area contributed by atoms with Crippen molar-refractivity contribution in [2.75, 3.05) is 13.2 Å². The molecule has 1 amide bonds. The molecule has 1 saturated carbocycles. The van der Waals surface area contributed by atoms with E-state index in [4.69, 9.17) is 9.15 Å². The fraction of sp³-hybridized carbons (Fsp3) is 0.391. The van der Waals surface area contributed by atoms with Crippen LogP contribution in [0.2, 0.25) is 0 Å². The van der Waals surface area contributed by atoms with Crippen LogP contribution < -0.4 is 0 Å². The number of carbonyl (C=O) groups excluding carboxylic acids is 2. The fourth-order valence-electron chi connectivity index (χ4n) is 3.74. The predicted molar refractivity (Wildman–Crippen MR) is 113 cm³/mol. The van der Waals surface area contributed by atoms with Crippen LogP contribution in [0.15, 0.2) is 47.2 Å². The van der Waals surface area contributed by atoms with Crippen molar-refractivity contribution < 1.29 is 18.7 Å². The highest BCUT2D eigenvalue weighted by molar-refractivity contribution is 5.97. The Bertz CT molecular complexity index is 1050. The van der Waals surface area contributed by atoms with Crippen molar-refractivity contribution in [3.63, 3.8) is 0 Å². The lowest BCUT2D eigenvalue weighted by atomic mass is 10.1. The molecule has 2 atom stereocenters. The second-order valence-electron chi connectivity index (χ2n) is 7.84. The molecule has 0 aliphatic heterocycles. The zero-order valence-electron chi connectivity index (χ0n) is 17.9. The largest absolute Gasteiger partial charge is 0.466 e.